The zero-order valence-corrected chi connectivity index (χ0v) is 12.1. The fraction of sp³-hybridized carbons (Fsp3) is 0.933. The van der Waals surface area contributed by atoms with Gasteiger partial charge < -0.3 is 0 Å². The van der Waals surface area contributed by atoms with E-state index in [1.807, 2.05) is 0 Å². The summed E-state index contributed by atoms with van der Waals surface area (Å²) in [5.41, 5.74) is -0.263. The monoisotopic (exact) mass is 239 g/mol. The van der Waals surface area contributed by atoms with Crippen LogP contribution >= 0.6 is 0 Å². The number of hydrogen-bond donors (Lipinski definition) is 0. The van der Waals surface area contributed by atoms with Crippen molar-refractivity contribution in [2.45, 2.75) is 71.8 Å². The normalized spacial score (nSPS) is 19.4. The van der Waals surface area contributed by atoms with Crippen LogP contribution in [0.4, 0.5) is 0 Å². The molecule has 17 heavy (non-hydrogen) atoms. The van der Waals surface area contributed by atoms with Crippen molar-refractivity contribution in [1.29, 1.82) is 0 Å². The summed E-state index contributed by atoms with van der Waals surface area (Å²) >= 11 is 0. The number of carbonyl (C=O) groups is 1. The molecule has 1 heterocycles. The minimum absolute atomic E-state index is 0.244. The lowest BCUT2D eigenvalue weighted by Gasteiger charge is -2.38. The summed E-state index contributed by atoms with van der Waals surface area (Å²) in [5.74, 6) is 0.692. The summed E-state index contributed by atoms with van der Waals surface area (Å²) in [6.45, 7) is 10.7. The molecule has 0 radical (unpaired) electrons. The summed E-state index contributed by atoms with van der Waals surface area (Å²) in [4.78, 5) is 15.0. The number of carbonyl (C=O) groups excluding carboxylic acids is 1. The first-order valence-corrected chi connectivity index (χ1v) is 7.33. The quantitative estimate of drug-likeness (QED) is 0.730. The van der Waals surface area contributed by atoms with Crippen molar-refractivity contribution in [3.8, 4) is 0 Å². The van der Waals surface area contributed by atoms with Gasteiger partial charge in [-0.15, -0.1) is 0 Å². The SMILES string of the molecule is CCC(CC)C(=O)C(C)(C)N1CCCCCC1. The van der Waals surface area contributed by atoms with Gasteiger partial charge in [0.25, 0.3) is 0 Å². The van der Waals surface area contributed by atoms with E-state index in [1.54, 1.807) is 0 Å². The van der Waals surface area contributed by atoms with Crippen LogP contribution in [0.3, 0.4) is 0 Å². The molecule has 0 aromatic rings. The molecule has 1 fully saturated rings. The average Bonchev–Trinajstić information content (AvgIpc) is 2.59. The van der Waals surface area contributed by atoms with Crippen LogP contribution in [0.15, 0.2) is 0 Å². The van der Waals surface area contributed by atoms with E-state index in [-0.39, 0.29) is 11.5 Å². The van der Waals surface area contributed by atoms with Crippen molar-refractivity contribution in [1.82, 2.24) is 4.90 Å². The number of likely N-dealkylation sites (tertiary alicyclic amines) is 1. The maximum Gasteiger partial charge on any atom is 0.155 e. The highest BCUT2D eigenvalue weighted by Crippen LogP contribution is 2.26. The Bertz CT molecular complexity index is 235. The summed E-state index contributed by atoms with van der Waals surface area (Å²) in [5, 5.41) is 0. The number of ketones is 1. The molecule has 100 valence electrons. The van der Waals surface area contributed by atoms with Crippen LogP contribution < -0.4 is 0 Å². The van der Waals surface area contributed by atoms with Crippen molar-refractivity contribution in [3.05, 3.63) is 0 Å². The van der Waals surface area contributed by atoms with Gasteiger partial charge in [-0.25, -0.2) is 0 Å². The predicted octanol–water partition coefficient (Wildman–Crippen LogP) is 3.65. The second-order valence-electron chi connectivity index (χ2n) is 5.84. The molecule has 1 aliphatic heterocycles. The molecule has 0 aliphatic carbocycles. The second-order valence-corrected chi connectivity index (χ2v) is 5.84. The van der Waals surface area contributed by atoms with Gasteiger partial charge in [0.15, 0.2) is 5.78 Å². The van der Waals surface area contributed by atoms with Crippen LogP contribution in [0.25, 0.3) is 0 Å². The molecule has 0 spiro atoms. The number of rotatable bonds is 5. The summed E-state index contributed by atoms with van der Waals surface area (Å²) in [7, 11) is 0. The fourth-order valence-corrected chi connectivity index (χ4v) is 2.94. The maximum atomic E-state index is 12.6. The first-order chi connectivity index (χ1) is 8.04. The molecule has 2 heteroatoms. The summed E-state index contributed by atoms with van der Waals surface area (Å²) in [6.07, 6.45) is 7.11. The molecule has 1 rings (SSSR count). The Balaban J connectivity index is 2.73. The minimum atomic E-state index is -0.263. The van der Waals surface area contributed by atoms with Gasteiger partial charge in [0.1, 0.15) is 0 Å². The van der Waals surface area contributed by atoms with E-state index in [1.165, 1.54) is 25.7 Å². The van der Waals surface area contributed by atoms with E-state index in [2.05, 4.69) is 32.6 Å². The molecule has 0 bridgehead atoms. The first-order valence-electron chi connectivity index (χ1n) is 7.33. The molecule has 1 saturated heterocycles. The molecule has 0 aromatic carbocycles. The van der Waals surface area contributed by atoms with Crippen molar-refractivity contribution < 1.29 is 4.79 Å². The molecule has 2 nitrogen and oxygen atoms in total. The fourth-order valence-electron chi connectivity index (χ4n) is 2.94. The van der Waals surface area contributed by atoms with Gasteiger partial charge in [-0.3, -0.25) is 9.69 Å². The predicted molar refractivity (Wildman–Crippen MR) is 73.2 cm³/mol. The van der Waals surface area contributed by atoms with E-state index >= 15 is 0 Å². The third kappa shape index (κ3) is 3.54. The van der Waals surface area contributed by atoms with E-state index in [0.29, 0.717) is 5.78 Å². The van der Waals surface area contributed by atoms with Gasteiger partial charge in [0.05, 0.1) is 5.54 Å². The van der Waals surface area contributed by atoms with Crippen LogP contribution in [0.1, 0.15) is 66.2 Å². The molecule has 0 unspecified atom stereocenters. The van der Waals surface area contributed by atoms with Gasteiger partial charge >= 0.3 is 0 Å². The Hall–Kier alpha value is -0.370. The Kier molecular flexibility index (Phi) is 5.64. The van der Waals surface area contributed by atoms with Gasteiger partial charge in [-0.05, 0) is 52.6 Å². The maximum absolute atomic E-state index is 12.6. The topological polar surface area (TPSA) is 20.3 Å². The van der Waals surface area contributed by atoms with Crippen molar-refractivity contribution >= 4 is 5.78 Å². The molecular weight excluding hydrogens is 210 g/mol. The Morgan fingerprint density at radius 3 is 1.94 bits per heavy atom. The molecule has 0 N–H and O–H groups in total. The summed E-state index contributed by atoms with van der Waals surface area (Å²) < 4.78 is 0. The molecule has 0 atom stereocenters. The second kappa shape index (κ2) is 6.53. The molecule has 0 amide bonds. The standard InChI is InChI=1S/C15H29NO/c1-5-13(6-2)14(17)15(3,4)16-11-9-7-8-10-12-16/h13H,5-12H2,1-4H3. The molecule has 1 aliphatic rings. The van der Waals surface area contributed by atoms with Crippen molar-refractivity contribution in [3.63, 3.8) is 0 Å². The van der Waals surface area contributed by atoms with E-state index in [4.69, 9.17) is 0 Å². The van der Waals surface area contributed by atoms with E-state index in [0.717, 1.165) is 25.9 Å². The highest BCUT2D eigenvalue weighted by Gasteiger charge is 2.37. The molecule has 0 aromatic heterocycles. The van der Waals surface area contributed by atoms with Gasteiger partial charge in [-0.2, -0.15) is 0 Å². The van der Waals surface area contributed by atoms with Gasteiger partial charge in [0.2, 0.25) is 0 Å². The van der Waals surface area contributed by atoms with E-state index < -0.39 is 0 Å². The third-order valence-electron chi connectivity index (χ3n) is 4.36. The third-order valence-corrected chi connectivity index (χ3v) is 4.36. The smallest absolute Gasteiger partial charge is 0.155 e. The molecule has 0 saturated carbocycles. The average molecular weight is 239 g/mol. The summed E-state index contributed by atoms with van der Waals surface area (Å²) in [6, 6.07) is 0. The lowest BCUT2D eigenvalue weighted by Crippen LogP contribution is -2.52. The largest absolute Gasteiger partial charge is 0.297 e. The Labute approximate surface area is 107 Å². The first kappa shape index (κ1) is 14.7. The van der Waals surface area contributed by atoms with Gasteiger partial charge in [-0.1, -0.05) is 26.7 Å². The van der Waals surface area contributed by atoms with E-state index in [9.17, 15) is 4.79 Å². The Morgan fingerprint density at radius 1 is 1.06 bits per heavy atom. The van der Waals surface area contributed by atoms with Crippen LogP contribution in [0.5, 0.6) is 0 Å². The van der Waals surface area contributed by atoms with Crippen LogP contribution in [-0.4, -0.2) is 29.3 Å². The van der Waals surface area contributed by atoms with Crippen molar-refractivity contribution in [2.24, 2.45) is 5.92 Å². The van der Waals surface area contributed by atoms with Gasteiger partial charge in [0, 0.05) is 5.92 Å². The minimum Gasteiger partial charge on any atom is -0.297 e. The Morgan fingerprint density at radius 2 is 1.53 bits per heavy atom. The molecular formula is C15H29NO. The lowest BCUT2D eigenvalue weighted by atomic mass is 9.84. The zero-order chi connectivity index (χ0) is 12.9. The number of nitrogens with zero attached hydrogens (tertiary/aromatic N) is 1. The van der Waals surface area contributed by atoms with Crippen LogP contribution in [-0.2, 0) is 4.79 Å². The highest BCUT2D eigenvalue weighted by molar-refractivity contribution is 5.89. The van der Waals surface area contributed by atoms with Crippen LogP contribution in [0, 0.1) is 5.92 Å². The highest BCUT2D eigenvalue weighted by atomic mass is 16.1. The number of hydrogen-bond acceptors (Lipinski definition) is 2. The number of Topliss-reactive ketones (excluding diaryl/α,β-unsaturated/α-hetero) is 1. The van der Waals surface area contributed by atoms with Crippen LogP contribution in [0.2, 0.25) is 0 Å². The zero-order valence-electron chi connectivity index (χ0n) is 12.1. The lowest BCUT2D eigenvalue weighted by molar-refractivity contribution is -0.133. The van der Waals surface area contributed by atoms with Crippen molar-refractivity contribution in [2.75, 3.05) is 13.1 Å².